The van der Waals surface area contributed by atoms with Crippen molar-refractivity contribution in [2.24, 2.45) is 0 Å². The van der Waals surface area contributed by atoms with Gasteiger partial charge in [0, 0.05) is 16.1 Å². The van der Waals surface area contributed by atoms with Gasteiger partial charge in [0.05, 0.1) is 17.2 Å². The second-order valence-electron chi connectivity index (χ2n) is 5.51. The van der Waals surface area contributed by atoms with Crippen molar-refractivity contribution in [2.45, 2.75) is 48.7 Å². The van der Waals surface area contributed by atoms with Crippen molar-refractivity contribution < 1.29 is 5.11 Å². The first-order valence-electron chi connectivity index (χ1n) is 6.50. The van der Waals surface area contributed by atoms with Crippen molar-refractivity contribution >= 4 is 11.8 Å². The zero-order valence-corrected chi connectivity index (χ0v) is 11.3. The number of fused-ring (bicyclic) bond motifs is 2. The molecule has 0 amide bonds. The smallest absolute Gasteiger partial charge is 0.0995 e. The molecule has 94 valence electrons. The minimum Gasteiger partial charge on any atom is -0.385 e. The Bertz CT molecular complexity index is 508. The SMILES string of the molecule is Cc1cccc(C#N)c1C1(O)CC2CCC(C1)S2. The van der Waals surface area contributed by atoms with E-state index in [1.807, 2.05) is 36.9 Å². The zero-order chi connectivity index (χ0) is 12.8. The molecule has 2 bridgehead atoms. The largest absolute Gasteiger partial charge is 0.385 e. The van der Waals surface area contributed by atoms with E-state index in [1.165, 1.54) is 12.8 Å². The van der Waals surface area contributed by atoms with Gasteiger partial charge in [-0.3, -0.25) is 0 Å². The van der Waals surface area contributed by atoms with Gasteiger partial charge in [-0.15, -0.1) is 0 Å². The molecule has 1 N–H and O–H groups in total. The van der Waals surface area contributed by atoms with Crippen molar-refractivity contribution in [3.63, 3.8) is 0 Å². The first-order chi connectivity index (χ1) is 8.62. The third kappa shape index (κ3) is 1.84. The summed E-state index contributed by atoms with van der Waals surface area (Å²) in [6, 6.07) is 7.96. The third-order valence-electron chi connectivity index (χ3n) is 4.18. The van der Waals surface area contributed by atoms with Crippen molar-refractivity contribution in [1.29, 1.82) is 5.26 Å². The van der Waals surface area contributed by atoms with Gasteiger partial charge in [-0.25, -0.2) is 0 Å². The Labute approximate surface area is 112 Å². The highest BCUT2D eigenvalue weighted by Crippen LogP contribution is 2.52. The van der Waals surface area contributed by atoms with Crippen LogP contribution in [0.4, 0.5) is 0 Å². The number of aliphatic hydroxyl groups is 1. The Morgan fingerprint density at radius 1 is 1.33 bits per heavy atom. The van der Waals surface area contributed by atoms with Gasteiger partial charge >= 0.3 is 0 Å². The lowest BCUT2D eigenvalue weighted by atomic mass is 9.81. The van der Waals surface area contributed by atoms with E-state index >= 15 is 0 Å². The second kappa shape index (κ2) is 4.29. The Hall–Kier alpha value is -0.980. The Morgan fingerprint density at radius 2 is 2.00 bits per heavy atom. The van der Waals surface area contributed by atoms with E-state index in [9.17, 15) is 10.4 Å². The molecule has 2 saturated heterocycles. The summed E-state index contributed by atoms with van der Waals surface area (Å²) in [6.45, 7) is 2.00. The highest BCUT2D eigenvalue weighted by molar-refractivity contribution is 8.00. The van der Waals surface area contributed by atoms with Crippen LogP contribution in [-0.2, 0) is 5.60 Å². The molecule has 1 aromatic rings. The summed E-state index contributed by atoms with van der Waals surface area (Å²) in [5.74, 6) is 0. The number of benzene rings is 1. The molecule has 2 unspecified atom stereocenters. The summed E-state index contributed by atoms with van der Waals surface area (Å²) in [5, 5.41) is 21.5. The summed E-state index contributed by atoms with van der Waals surface area (Å²) < 4.78 is 0. The third-order valence-corrected chi connectivity index (χ3v) is 5.76. The van der Waals surface area contributed by atoms with E-state index in [4.69, 9.17) is 0 Å². The average molecular weight is 259 g/mol. The van der Waals surface area contributed by atoms with Gasteiger partial charge in [0.15, 0.2) is 0 Å². The van der Waals surface area contributed by atoms with Gasteiger partial charge in [0.25, 0.3) is 0 Å². The molecule has 2 heterocycles. The molecule has 3 rings (SSSR count). The second-order valence-corrected chi connectivity index (χ2v) is 7.11. The van der Waals surface area contributed by atoms with Crippen LogP contribution in [0.2, 0.25) is 0 Å². The molecule has 1 aromatic carbocycles. The first kappa shape index (κ1) is 12.1. The Kier molecular flexibility index (Phi) is 2.88. The maximum absolute atomic E-state index is 11.1. The molecule has 18 heavy (non-hydrogen) atoms. The number of hydrogen-bond acceptors (Lipinski definition) is 3. The topological polar surface area (TPSA) is 44.0 Å². The molecular weight excluding hydrogens is 242 g/mol. The summed E-state index contributed by atoms with van der Waals surface area (Å²) in [4.78, 5) is 0. The van der Waals surface area contributed by atoms with Crippen molar-refractivity contribution in [3.8, 4) is 6.07 Å². The maximum atomic E-state index is 11.1. The fourth-order valence-electron chi connectivity index (χ4n) is 3.50. The highest BCUT2D eigenvalue weighted by atomic mass is 32.2. The van der Waals surface area contributed by atoms with Gasteiger partial charge in [-0.2, -0.15) is 17.0 Å². The van der Waals surface area contributed by atoms with Crippen LogP contribution in [0.25, 0.3) is 0 Å². The van der Waals surface area contributed by atoms with E-state index < -0.39 is 5.60 Å². The van der Waals surface area contributed by atoms with Gasteiger partial charge in [0.1, 0.15) is 0 Å². The Morgan fingerprint density at radius 3 is 2.61 bits per heavy atom. The van der Waals surface area contributed by atoms with Crippen molar-refractivity contribution in [2.75, 3.05) is 0 Å². The number of nitrogens with zero attached hydrogens (tertiary/aromatic N) is 1. The molecule has 2 aliphatic rings. The lowest BCUT2D eigenvalue weighted by Crippen LogP contribution is -2.36. The molecule has 2 aliphatic heterocycles. The molecule has 2 nitrogen and oxygen atoms in total. The van der Waals surface area contributed by atoms with E-state index in [-0.39, 0.29) is 0 Å². The molecule has 3 heteroatoms. The molecule has 2 atom stereocenters. The standard InChI is InChI=1S/C15H17NOS/c1-10-3-2-4-11(9-16)14(10)15(17)7-12-5-6-13(8-15)18-12/h2-4,12-13,17H,5-8H2,1H3. The zero-order valence-electron chi connectivity index (χ0n) is 10.5. The lowest BCUT2D eigenvalue weighted by molar-refractivity contribution is 0.0188. The lowest BCUT2D eigenvalue weighted by Gasteiger charge is -2.37. The maximum Gasteiger partial charge on any atom is 0.0995 e. The summed E-state index contributed by atoms with van der Waals surface area (Å²) in [5.41, 5.74) is 1.78. The van der Waals surface area contributed by atoms with Crippen LogP contribution in [0, 0.1) is 18.3 Å². The Balaban J connectivity index is 2.07. The summed E-state index contributed by atoms with van der Waals surface area (Å²) in [7, 11) is 0. The minimum absolute atomic E-state index is 0.569. The van der Waals surface area contributed by atoms with Gasteiger partial charge in [-0.1, -0.05) is 12.1 Å². The van der Waals surface area contributed by atoms with Crippen LogP contribution in [0.3, 0.4) is 0 Å². The van der Waals surface area contributed by atoms with Crippen molar-refractivity contribution in [1.82, 2.24) is 0 Å². The number of nitriles is 1. The number of thioether (sulfide) groups is 1. The predicted molar refractivity (Wildman–Crippen MR) is 73.4 cm³/mol. The summed E-state index contributed by atoms with van der Waals surface area (Å²) in [6.07, 6.45) is 4.03. The van der Waals surface area contributed by atoms with E-state index in [0.29, 0.717) is 16.1 Å². The average Bonchev–Trinajstić information content (AvgIpc) is 2.68. The molecule has 0 saturated carbocycles. The predicted octanol–water partition coefficient (Wildman–Crippen LogP) is 3.11. The van der Waals surface area contributed by atoms with Crippen LogP contribution in [0.15, 0.2) is 18.2 Å². The van der Waals surface area contributed by atoms with Crippen LogP contribution >= 0.6 is 11.8 Å². The minimum atomic E-state index is -0.784. The summed E-state index contributed by atoms with van der Waals surface area (Å²) >= 11 is 2.03. The monoisotopic (exact) mass is 259 g/mol. The molecule has 0 spiro atoms. The number of hydrogen-bond donors (Lipinski definition) is 1. The van der Waals surface area contributed by atoms with Gasteiger partial charge in [-0.05, 0) is 44.2 Å². The van der Waals surface area contributed by atoms with Gasteiger partial charge in [0.2, 0.25) is 0 Å². The number of aryl methyl sites for hydroxylation is 1. The van der Waals surface area contributed by atoms with Crippen LogP contribution in [0.5, 0.6) is 0 Å². The van der Waals surface area contributed by atoms with E-state index in [2.05, 4.69) is 6.07 Å². The van der Waals surface area contributed by atoms with Crippen LogP contribution in [0.1, 0.15) is 42.4 Å². The highest BCUT2D eigenvalue weighted by Gasteiger charge is 2.45. The molecular formula is C15H17NOS. The molecule has 0 aliphatic carbocycles. The van der Waals surface area contributed by atoms with Gasteiger partial charge < -0.3 is 5.11 Å². The van der Waals surface area contributed by atoms with Crippen LogP contribution in [-0.4, -0.2) is 15.6 Å². The quantitative estimate of drug-likeness (QED) is 0.842. The number of rotatable bonds is 1. The fourth-order valence-corrected chi connectivity index (χ4v) is 5.33. The van der Waals surface area contributed by atoms with Crippen molar-refractivity contribution in [3.05, 3.63) is 34.9 Å². The molecule has 2 fully saturated rings. The van der Waals surface area contributed by atoms with E-state index in [1.54, 1.807) is 0 Å². The van der Waals surface area contributed by atoms with Crippen LogP contribution < -0.4 is 0 Å². The van der Waals surface area contributed by atoms with E-state index in [0.717, 1.165) is 24.0 Å². The fraction of sp³-hybridized carbons (Fsp3) is 0.533. The normalized spacial score (nSPS) is 34.3. The first-order valence-corrected chi connectivity index (χ1v) is 7.45. The molecule has 0 aromatic heterocycles. The molecule has 0 radical (unpaired) electrons.